The van der Waals surface area contributed by atoms with Crippen LogP contribution in [0.25, 0.3) is 11.1 Å². The summed E-state index contributed by atoms with van der Waals surface area (Å²) in [6, 6.07) is 9.54. The van der Waals surface area contributed by atoms with Crippen molar-refractivity contribution in [3.63, 3.8) is 0 Å². The Morgan fingerprint density at radius 1 is 1.04 bits per heavy atom. The van der Waals surface area contributed by atoms with Gasteiger partial charge >= 0.3 is 5.97 Å². The molecule has 0 saturated heterocycles. The summed E-state index contributed by atoms with van der Waals surface area (Å²) in [5.74, 6) is -1.15. The molecule has 0 aliphatic carbocycles. The van der Waals surface area contributed by atoms with Gasteiger partial charge in [-0.05, 0) is 57.5 Å². The highest BCUT2D eigenvalue weighted by molar-refractivity contribution is 7.17. The highest BCUT2D eigenvalue weighted by Crippen LogP contribution is 2.41. The van der Waals surface area contributed by atoms with Gasteiger partial charge in [0.25, 0.3) is 5.91 Å². The Morgan fingerprint density at radius 2 is 1.71 bits per heavy atom. The van der Waals surface area contributed by atoms with Crippen LogP contribution in [0, 0.1) is 19.7 Å². The molecule has 0 spiro atoms. The molecule has 3 aromatic rings. The van der Waals surface area contributed by atoms with Crippen molar-refractivity contribution >= 4 is 39.6 Å². The number of hydrogen-bond donors (Lipinski definition) is 1. The number of rotatable bonds is 5. The minimum absolute atomic E-state index is 0.274. The molecule has 0 saturated carbocycles. The van der Waals surface area contributed by atoms with Gasteiger partial charge in [-0.1, -0.05) is 12.1 Å². The number of benzene rings is 1. The van der Waals surface area contributed by atoms with Gasteiger partial charge < -0.3 is 10.1 Å². The van der Waals surface area contributed by atoms with Crippen LogP contribution < -0.4 is 5.32 Å². The molecule has 0 fully saturated rings. The zero-order chi connectivity index (χ0) is 20.4. The summed E-state index contributed by atoms with van der Waals surface area (Å²) >= 11 is 2.69. The SMILES string of the molecule is Cc1ccc(C(=O)Nc2sc(C)c(-c3ccc(F)cc3)c2C(=O)OC(C)C)s1. The molecule has 0 atom stereocenters. The molecule has 0 radical (unpaired) electrons. The van der Waals surface area contributed by atoms with Crippen molar-refractivity contribution in [2.75, 3.05) is 5.32 Å². The molecule has 1 aromatic carbocycles. The van der Waals surface area contributed by atoms with E-state index >= 15 is 0 Å². The largest absolute Gasteiger partial charge is 0.459 e. The van der Waals surface area contributed by atoms with E-state index in [9.17, 15) is 14.0 Å². The van der Waals surface area contributed by atoms with E-state index in [1.165, 1.54) is 34.8 Å². The molecule has 4 nitrogen and oxygen atoms in total. The Labute approximate surface area is 171 Å². The molecule has 146 valence electrons. The second-order valence-corrected chi connectivity index (χ2v) is 9.08. The second kappa shape index (κ2) is 8.24. The Balaban J connectivity index is 2.06. The molecule has 28 heavy (non-hydrogen) atoms. The number of thiophene rings is 2. The molecule has 1 amide bonds. The predicted octanol–water partition coefficient (Wildman–Crippen LogP) is 6.05. The van der Waals surface area contributed by atoms with Crippen LogP contribution in [0.2, 0.25) is 0 Å². The number of ether oxygens (including phenoxy) is 1. The molecule has 0 aliphatic rings. The number of nitrogens with one attached hydrogen (secondary N) is 1. The van der Waals surface area contributed by atoms with Crippen LogP contribution in [0.4, 0.5) is 9.39 Å². The lowest BCUT2D eigenvalue weighted by atomic mass is 10.0. The fourth-order valence-corrected chi connectivity index (χ4v) is 4.61. The summed E-state index contributed by atoms with van der Waals surface area (Å²) in [6.45, 7) is 7.32. The van der Waals surface area contributed by atoms with E-state index in [1.807, 2.05) is 19.9 Å². The van der Waals surface area contributed by atoms with Crippen LogP contribution >= 0.6 is 22.7 Å². The van der Waals surface area contributed by atoms with Gasteiger partial charge in [-0.3, -0.25) is 4.79 Å². The first-order valence-corrected chi connectivity index (χ1v) is 10.4. The normalized spacial score (nSPS) is 10.9. The number of carbonyl (C=O) groups is 2. The van der Waals surface area contributed by atoms with Gasteiger partial charge in [-0.25, -0.2) is 9.18 Å². The third-order valence-electron chi connectivity index (χ3n) is 3.96. The maximum atomic E-state index is 13.4. The van der Waals surface area contributed by atoms with Crippen molar-refractivity contribution in [2.45, 2.75) is 33.8 Å². The van der Waals surface area contributed by atoms with Crippen molar-refractivity contribution in [1.82, 2.24) is 0 Å². The smallest absolute Gasteiger partial charge is 0.342 e. The van der Waals surface area contributed by atoms with Gasteiger partial charge in [0.05, 0.1) is 11.0 Å². The summed E-state index contributed by atoms with van der Waals surface area (Å²) in [6.07, 6.45) is -0.308. The number of aryl methyl sites for hydroxylation is 2. The number of amides is 1. The molecule has 1 N–H and O–H groups in total. The maximum absolute atomic E-state index is 13.4. The first kappa shape index (κ1) is 20.2. The fourth-order valence-electron chi connectivity index (χ4n) is 2.79. The van der Waals surface area contributed by atoms with E-state index in [2.05, 4.69) is 5.32 Å². The first-order valence-electron chi connectivity index (χ1n) is 8.74. The standard InChI is InChI=1S/C21H20FNO3S2/c1-11(2)26-21(25)18-17(14-6-8-15(22)9-7-14)13(4)28-20(18)23-19(24)16-10-5-12(3)27-16/h5-11H,1-4H3,(H,23,24). The van der Waals surface area contributed by atoms with Crippen LogP contribution in [0.1, 0.15) is 43.6 Å². The lowest BCUT2D eigenvalue weighted by Gasteiger charge is -2.12. The van der Waals surface area contributed by atoms with E-state index in [0.29, 0.717) is 26.6 Å². The zero-order valence-electron chi connectivity index (χ0n) is 16.0. The van der Waals surface area contributed by atoms with Crippen LogP contribution in [0.15, 0.2) is 36.4 Å². The topological polar surface area (TPSA) is 55.4 Å². The van der Waals surface area contributed by atoms with Gasteiger partial charge in [-0.15, -0.1) is 22.7 Å². The number of anilines is 1. The summed E-state index contributed by atoms with van der Waals surface area (Å²) < 4.78 is 18.8. The minimum Gasteiger partial charge on any atom is -0.459 e. The molecular formula is C21H20FNO3S2. The molecule has 3 rings (SSSR count). The summed E-state index contributed by atoms with van der Waals surface area (Å²) in [7, 11) is 0. The lowest BCUT2D eigenvalue weighted by molar-refractivity contribution is 0.0380. The van der Waals surface area contributed by atoms with E-state index in [-0.39, 0.29) is 17.8 Å². The van der Waals surface area contributed by atoms with E-state index in [0.717, 1.165) is 9.75 Å². The Morgan fingerprint density at radius 3 is 2.29 bits per heavy atom. The van der Waals surface area contributed by atoms with Gasteiger partial charge in [0.15, 0.2) is 0 Å². The fraction of sp³-hybridized carbons (Fsp3) is 0.238. The van der Waals surface area contributed by atoms with E-state index in [1.54, 1.807) is 32.0 Å². The van der Waals surface area contributed by atoms with Crippen molar-refractivity contribution in [2.24, 2.45) is 0 Å². The van der Waals surface area contributed by atoms with Crippen LogP contribution in [-0.2, 0) is 4.74 Å². The minimum atomic E-state index is -0.517. The third kappa shape index (κ3) is 4.31. The van der Waals surface area contributed by atoms with Crippen molar-refractivity contribution in [3.05, 3.63) is 62.4 Å². The summed E-state index contributed by atoms with van der Waals surface area (Å²) in [5, 5.41) is 3.28. The number of esters is 1. The van der Waals surface area contributed by atoms with Gasteiger partial charge in [-0.2, -0.15) is 0 Å². The highest BCUT2D eigenvalue weighted by Gasteiger charge is 2.26. The monoisotopic (exact) mass is 417 g/mol. The maximum Gasteiger partial charge on any atom is 0.342 e. The second-order valence-electron chi connectivity index (χ2n) is 6.56. The van der Waals surface area contributed by atoms with Crippen LogP contribution in [-0.4, -0.2) is 18.0 Å². The van der Waals surface area contributed by atoms with Crippen LogP contribution in [0.5, 0.6) is 0 Å². The Kier molecular flexibility index (Phi) is 5.96. The molecule has 7 heteroatoms. The number of hydrogen-bond acceptors (Lipinski definition) is 5. The summed E-state index contributed by atoms with van der Waals surface area (Å²) in [5.41, 5.74) is 1.64. The molecule has 2 aromatic heterocycles. The van der Waals surface area contributed by atoms with E-state index < -0.39 is 5.97 Å². The third-order valence-corrected chi connectivity index (χ3v) is 5.98. The highest BCUT2D eigenvalue weighted by atomic mass is 32.1. The summed E-state index contributed by atoms with van der Waals surface area (Å²) in [4.78, 5) is 27.9. The first-order chi connectivity index (χ1) is 13.3. The lowest BCUT2D eigenvalue weighted by Crippen LogP contribution is -2.16. The van der Waals surface area contributed by atoms with Crippen molar-refractivity contribution in [3.8, 4) is 11.1 Å². The number of halogens is 1. The molecule has 0 bridgehead atoms. The van der Waals surface area contributed by atoms with E-state index in [4.69, 9.17) is 4.74 Å². The zero-order valence-corrected chi connectivity index (χ0v) is 17.6. The quantitative estimate of drug-likeness (QED) is 0.514. The average Bonchev–Trinajstić information content (AvgIpc) is 3.18. The predicted molar refractivity (Wildman–Crippen MR) is 112 cm³/mol. The molecule has 0 aliphatic heterocycles. The van der Waals surface area contributed by atoms with Gasteiger partial charge in [0.1, 0.15) is 16.4 Å². The van der Waals surface area contributed by atoms with Crippen LogP contribution in [0.3, 0.4) is 0 Å². The van der Waals surface area contributed by atoms with Crippen molar-refractivity contribution in [1.29, 1.82) is 0 Å². The Bertz CT molecular complexity index is 1020. The Hall–Kier alpha value is -2.51. The molecular weight excluding hydrogens is 397 g/mol. The van der Waals surface area contributed by atoms with Gasteiger partial charge in [0.2, 0.25) is 0 Å². The number of carbonyl (C=O) groups excluding carboxylic acids is 2. The average molecular weight is 418 g/mol. The molecule has 0 unspecified atom stereocenters. The molecule has 2 heterocycles. The van der Waals surface area contributed by atoms with Crippen molar-refractivity contribution < 1.29 is 18.7 Å². The van der Waals surface area contributed by atoms with Gasteiger partial charge in [0, 0.05) is 15.3 Å².